The van der Waals surface area contributed by atoms with Gasteiger partial charge in [0, 0.05) is 16.6 Å². The van der Waals surface area contributed by atoms with E-state index in [1.165, 1.54) is 6.07 Å². The van der Waals surface area contributed by atoms with Crippen molar-refractivity contribution in [2.45, 2.75) is 47.0 Å². The van der Waals surface area contributed by atoms with E-state index in [1.807, 2.05) is 39.0 Å². The van der Waals surface area contributed by atoms with Crippen LogP contribution in [0.1, 0.15) is 41.4 Å². The number of nitrogens with one attached hydrogen (secondary N) is 1. The van der Waals surface area contributed by atoms with Crippen LogP contribution in [0.25, 0.3) is 16.6 Å². The maximum absolute atomic E-state index is 14.2. The number of benzene rings is 2. The number of hydrogen-bond acceptors (Lipinski definition) is 6. The molecule has 38 heavy (non-hydrogen) atoms. The predicted molar refractivity (Wildman–Crippen MR) is 135 cm³/mol. The summed E-state index contributed by atoms with van der Waals surface area (Å²) in [7, 11) is 0. The Bertz CT molecular complexity index is 1500. The van der Waals surface area contributed by atoms with Crippen LogP contribution in [0.5, 0.6) is 5.75 Å². The summed E-state index contributed by atoms with van der Waals surface area (Å²) in [4.78, 5) is 21.0. The first-order chi connectivity index (χ1) is 18.0. The number of rotatable bonds is 9. The van der Waals surface area contributed by atoms with E-state index in [0.29, 0.717) is 28.2 Å². The molecular formula is C26H25ClF3N5O3. The highest BCUT2D eigenvalue weighted by Crippen LogP contribution is 2.32. The van der Waals surface area contributed by atoms with E-state index in [4.69, 9.17) is 16.3 Å². The van der Waals surface area contributed by atoms with E-state index < -0.39 is 31.0 Å². The van der Waals surface area contributed by atoms with Gasteiger partial charge in [-0.25, -0.2) is 19.0 Å². The van der Waals surface area contributed by atoms with Crippen molar-refractivity contribution in [2.75, 3.05) is 6.61 Å². The van der Waals surface area contributed by atoms with E-state index in [1.54, 1.807) is 17.7 Å². The van der Waals surface area contributed by atoms with E-state index >= 15 is 0 Å². The molecule has 1 atom stereocenters. The number of halogens is 4. The standard InChI is InChI=1S/C26H25ClF3N5O3/c1-13-8-22(35-16(4)33-15(3)34-35)18-6-5-7-23(25(18)31-13)37-11-20-19(9-17(28)10-21(20)27)14(2)32-24(36)12-38-26(29)30/h5-10,14,26H,11-12H2,1-4H3,(H,32,36)/t14-/m0/s1. The van der Waals surface area contributed by atoms with Crippen molar-refractivity contribution in [1.29, 1.82) is 0 Å². The molecule has 0 saturated heterocycles. The van der Waals surface area contributed by atoms with Gasteiger partial charge in [-0.15, -0.1) is 0 Å². The molecule has 0 spiro atoms. The quantitative estimate of drug-likeness (QED) is 0.296. The number of fused-ring (bicyclic) bond motifs is 1. The van der Waals surface area contributed by atoms with E-state index in [0.717, 1.165) is 28.7 Å². The average molecular weight is 548 g/mol. The molecule has 0 saturated carbocycles. The van der Waals surface area contributed by atoms with Crippen LogP contribution in [-0.2, 0) is 16.1 Å². The van der Waals surface area contributed by atoms with Crippen LogP contribution in [0.3, 0.4) is 0 Å². The van der Waals surface area contributed by atoms with E-state index in [2.05, 4.69) is 25.1 Å². The first-order valence-corrected chi connectivity index (χ1v) is 12.0. The maximum atomic E-state index is 14.2. The lowest BCUT2D eigenvalue weighted by Gasteiger charge is -2.20. The zero-order valence-corrected chi connectivity index (χ0v) is 21.8. The lowest BCUT2D eigenvalue weighted by Crippen LogP contribution is -2.31. The molecule has 1 amide bonds. The molecule has 0 fully saturated rings. The first kappa shape index (κ1) is 27.3. The molecule has 8 nitrogen and oxygen atoms in total. The van der Waals surface area contributed by atoms with Crippen LogP contribution < -0.4 is 10.1 Å². The van der Waals surface area contributed by atoms with Crippen LogP contribution in [-0.4, -0.2) is 38.9 Å². The molecule has 200 valence electrons. The number of carbonyl (C=O) groups is 1. The summed E-state index contributed by atoms with van der Waals surface area (Å²) in [5, 5.41) is 7.87. The molecule has 0 unspecified atom stereocenters. The molecule has 4 aromatic rings. The summed E-state index contributed by atoms with van der Waals surface area (Å²) in [6, 6.07) is 8.95. The molecule has 0 aliphatic carbocycles. The minimum absolute atomic E-state index is 0.0757. The fourth-order valence-corrected chi connectivity index (χ4v) is 4.45. The Balaban J connectivity index is 1.65. The van der Waals surface area contributed by atoms with Crippen LogP contribution in [0.2, 0.25) is 5.02 Å². The molecule has 2 aromatic heterocycles. The second kappa shape index (κ2) is 11.4. The summed E-state index contributed by atoms with van der Waals surface area (Å²) in [6.07, 6.45) is 0. The van der Waals surface area contributed by atoms with Crippen LogP contribution in [0, 0.1) is 26.6 Å². The number of nitrogens with zero attached hydrogens (tertiary/aromatic N) is 4. The fraction of sp³-hybridized carbons (Fsp3) is 0.308. The molecule has 2 aromatic carbocycles. The normalized spacial score (nSPS) is 12.2. The molecule has 12 heteroatoms. The number of amides is 1. The maximum Gasteiger partial charge on any atom is 0.345 e. The van der Waals surface area contributed by atoms with Crippen molar-refractivity contribution >= 4 is 28.4 Å². The summed E-state index contributed by atoms with van der Waals surface area (Å²) < 4.78 is 50.7. The second-order valence-electron chi connectivity index (χ2n) is 8.66. The molecule has 4 rings (SSSR count). The number of carbonyl (C=O) groups excluding carboxylic acids is 1. The van der Waals surface area contributed by atoms with Gasteiger partial charge in [-0.2, -0.15) is 13.9 Å². The van der Waals surface area contributed by atoms with Crippen LogP contribution in [0.4, 0.5) is 13.2 Å². The van der Waals surface area contributed by atoms with Gasteiger partial charge in [0.1, 0.15) is 41.9 Å². The highest BCUT2D eigenvalue weighted by atomic mass is 35.5. The highest BCUT2D eigenvalue weighted by molar-refractivity contribution is 6.31. The average Bonchev–Trinajstić information content (AvgIpc) is 3.18. The highest BCUT2D eigenvalue weighted by Gasteiger charge is 2.20. The lowest BCUT2D eigenvalue weighted by molar-refractivity contribution is -0.152. The summed E-state index contributed by atoms with van der Waals surface area (Å²) in [6.45, 7) is 3.10. The molecule has 0 radical (unpaired) electrons. The number of pyridine rings is 1. The number of hydrogen-bond donors (Lipinski definition) is 1. The van der Waals surface area contributed by atoms with Crippen molar-refractivity contribution in [1.82, 2.24) is 25.1 Å². The Morgan fingerprint density at radius 2 is 1.92 bits per heavy atom. The number of para-hydroxylation sites is 1. The smallest absolute Gasteiger partial charge is 0.345 e. The van der Waals surface area contributed by atoms with Crippen molar-refractivity contribution in [3.63, 3.8) is 0 Å². The topological polar surface area (TPSA) is 91.2 Å². The van der Waals surface area contributed by atoms with Crippen LogP contribution in [0.15, 0.2) is 36.4 Å². The lowest BCUT2D eigenvalue weighted by atomic mass is 10.0. The summed E-state index contributed by atoms with van der Waals surface area (Å²) in [5.74, 6) is 0.404. The molecule has 2 heterocycles. The van der Waals surface area contributed by atoms with E-state index in [9.17, 15) is 18.0 Å². The van der Waals surface area contributed by atoms with Crippen molar-refractivity contribution in [3.8, 4) is 11.4 Å². The SMILES string of the molecule is Cc1cc(-n2nc(C)nc2C)c2cccc(OCc3c(Cl)cc(F)cc3[C@H](C)NC(=O)COC(F)F)c2n1. The third-order valence-electron chi connectivity index (χ3n) is 5.76. The first-order valence-electron chi connectivity index (χ1n) is 11.6. The second-order valence-corrected chi connectivity index (χ2v) is 9.07. The molecule has 0 bridgehead atoms. The number of ether oxygens (including phenoxy) is 2. The van der Waals surface area contributed by atoms with Gasteiger partial charge in [0.05, 0.1) is 16.8 Å². The van der Waals surface area contributed by atoms with Gasteiger partial charge in [0.25, 0.3) is 0 Å². The van der Waals surface area contributed by atoms with Crippen molar-refractivity contribution < 1.29 is 27.4 Å². The zero-order valence-electron chi connectivity index (χ0n) is 21.1. The summed E-state index contributed by atoms with van der Waals surface area (Å²) in [5.41, 5.74) is 2.86. The number of aryl methyl sites for hydroxylation is 3. The third kappa shape index (κ3) is 6.05. The van der Waals surface area contributed by atoms with Gasteiger partial charge in [-0.05, 0) is 57.5 Å². The largest absolute Gasteiger partial charge is 0.487 e. The molecular weight excluding hydrogens is 523 g/mol. The summed E-state index contributed by atoms with van der Waals surface area (Å²) >= 11 is 6.36. The fourth-order valence-electron chi connectivity index (χ4n) is 4.18. The van der Waals surface area contributed by atoms with Gasteiger partial charge in [-0.3, -0.25) is 4.79 Å². The number of aromatic nitrogens is 4. The predicted octanol–water partition coefficient (Wildman–Crippen LogP) is 5.53. The Labute approximate surface area is 221 Å². The van der Waals surface area contributed by atoms with Gasteiger partial charge in [-0.1, -0.05) is 23.7 Å². The van der Waals surface area contributed by atoms with Gasteiger partial charge in [0.15, 0.2) is 0 Å². The Morgan fingerprint density at radius 1 is 1.16 bits per heavy atom. The Hall–Kier alpha value is -3.70. The molecule has 0 aliphatic heterocycles. The molecule has 0 aliphatic rings. The van der Waals surface area contributed by atoms with Gasteiger partial charge >= 0.3 is 6.61 Å². The monoisotopic (exact) mass is 547 g/mol. The van der Waals surface area contributed by atoms with Crippen LogP contribution >= 0.6 is 11.6 Å². The van der Waals surface area contributed by atoms with Crippen molar-refractivity contribution in [3.05, 3.63) is 75.7 Å². The third-order valence-corrected chi connectivity index (χ3v) is 6.10. The van der Waals surface area contributed by atoms with Gasteiger partial charge < -0.3 is 14.8 Å². The van der Waals surface area contributed by atoms with Gasteiger partial charge in [0.2, 0.25) is 5.91 Å². The number of alkyl halides is 2. The van der Waals surface area contributed by atoms with Crippen molar-refractivity contribution in [2.24, 2.45) is 0 Å². The Kier molecular flexibility index (Phi) is 8.17. The molecule has 1 N–H and O–H groups in total. The minimum Gasteiger partial charge on any atom is -0.487 e. The Morgan fingerprint density at radius 3 is 2.61 bits per heavy atom. The minimum atomic E-state index is -3.08. The van der Waals surface area contributed by atoms with E-state index in [-0.39, 0.29) is 11.6 Å². The zero-order chi connectivity index (χ0) is 27.6.